The Balaban J connectivity index is 2.13. The molecule has 0 saturated carbocycles. The molecule has 0 unspecified atom stereocenters. The summed E-state index contributed by atoms with van der Waals surface area (Å²) in [6.45, 7) is -0.169. The number of halogens is 1. The lowest BCUT2D eigenvalue weighted by Crippen LogP contribution is -2.11. The number of Topliss-reactive ketones (excluding diaryl/α,β-unsaturated/α-hetero) is 1. The van der Waals surface area contributed by atoms with E-state index in [-0.39, 0.29) is 23.7 Å². The molecule has 0 amide bonds. The van der Waals surface area contributed by atoms with Crippen LogP contribution in [0, 0.1) is 15.9 Å². The fraction of sp³-hybridized carbons (Fsp3) is 0.0909. The number of carbonyl (C=O) groups excluding carboxylic acids is 1. The Hall–Kier alpha value is -2.57. The third kappa shape index (κ3) is 2.57. The minimum atomic E-state index is -0.650. The summed E-state index contributed by atoms with van der Waals surface area (Å²) < 4.78 is 14.1. The lowest BCUT2D eigenvalue weighted by molar-refractivity contribution is -0.389. The van der Waals surface area contributed by atoms with Gasteiger partial charge in [0.25, 0.3) is 0 Å². The van der Waals surface area contributed by atoms with Gasteiger partial charge in [-0.3, -0.25) is 4.79 Å². The van der Waals surface area contributed by atoms with Crippen LogP contribution in [0.2, 0.25) is 0 Å². The third-order valence-corrected chi connectivity index (χ3v) is 2.27. The molecule has 92 valence electrons. The molecule has 0 saturated heterocycles. The molecule has 0 spiro atoms. The molecular weight excluding hydrogens is 241 g/mol. The lowest BCUT2D eigenvalue weighted by Gasteiger charge is -1.98. The Kier molecular flexibility index (Phi) is 3.13. The van der Waals surface area contributed by atoms with E-state index in [4.69, 9.17) is 0 Å². The zero-order chi connectivity index (χ0) is 13.1. The maximum absolute atomic E-state index is 12.9. The number of aromatic nitrogens is 2. The van der Waals surface area contributed by atoms with Crippen LogP contribution >= 0.6 is 0 Å². The number of nitrogens with zero attached hydrogens (tertiary/aromatic N) is 3. The lowest BCUT2D eigenvalue weighted by atomic mass is 10.1. The first-order valence-electron chi connectivity index (χ1n) is 5.03. The Morgan fingerprint density at radius 3 is 2.83 bits per heavy atom. The zero-order valence-corrected chi connectivity index (χ0v) is 9.12. The molecule has 2 rings (SSSR count). The van der Waals surface area contributed by atoms with E-state index in [0.29, 0.717) is 0 Å². The number of hydrogen-bond donors (Lipinski definition) is 0. The highest BCUT2D eigenvalue weighted by molar-refractivity contribution is 5.95. The summed E-state index contributed by atoms with van der Waals surface area (Å²) in [5.74, 6) is -1.21. The van der Waals surface area contributed by atoms with Gasteiger partial charge in [-0.1, -0.05) is 12.1 Å². The Bertz CT molecular complexity index is 609. The summed E-state index contributed by atoms with van der Waals surface area (Å²) in [5, 5.41) is 14.0. The molecule has 18 heavy (non-hydrogen) atoms. The largest absolute Gasteiger partial charge is 0.389 e. The number of hydrogen-bond acceptors (Lipinski definition) is 4. The quantitative estimate of drug-likeness (QED) is 0.470. The first kappa shape index (κ1) is 11.9. The Labute approximate surface area is 101 Å². The van der Waals surface area contributed by atoms with Crippen molar-refractivity contribution in [2.24, 2.45) is 0 Å². The molecule has 6 nitrogen and oxygen atoms in total. The fourth-order valence-electron chi connectivity index (χ4n) is 1.44. The van der Waals surface area contributed by atoms with Crippen LogP contribution in [0.4, 0.5) is 10.2 Å². The molecule has 0 N–H and O–H groups in total. The summed E-state index contributed by atoms with van der Waals surface area (Å²) in [7, 11) is 0. The van der Waals surface area contributed by atoms with Crippen LogP contribution in [0.25, 0.3) is 0 Å². The maximum Gasteiger partial charge on any atom is 0.389 e. The summed E-state index contributed by atoms with van der Waals surface area (Å²) >= 11 is 0. The van der Waals surface area contributed by atoms with Gasteiger partial charge in [0.1, 0.15) is 12.4 Å². The molecular formula is C11H8FN3O3. The minimum Gasteiger partial charge on any atom is -0.358 e. The standard InChI is InChI=1S/C11H8FN3O3/c12-9-3-1-2-8(6-9)10(16)7-14-5-4-11(13-14)15(17)18/h1-6H,7H2. The van der Waals surface area contributed by atoms with Crippen LogP contribution in [0.5, 0.6) is 0 Å². The smallest absolute Gasteiger partial charge is 0.358 e. The first-order chi connectivity index (χ1) is 8.56. The SMILES string of the molecule is O=C(Cn1ccc([N+](=O)[O-])n1)c1cccc(F)c1. The second kappa shape index (κ2) is 4.74. The van der Waals surface area contributed by atoms with Crippen molar-refractivity contribution in [3.63, 3.8) is 0 Å². The Morgan fingerprint density at radius 2 is 2.22 bits per heavy atom. The number of carbonyl (C=O) groups is 1. The van der Waals surface area contributed by atoms with Gasteiger partial charge in [-0.15, -0.1) is 0 Å². The van der Waals surface area contributed by atoms with E-state index in [1.807, 2.05) is 0 Å². The monoisotopic (exact) mass is 249 g/mol. The second-order valence-corrected chi connectivity index (χ2v) is 3.56. The van der Waals surface area contributed by atoms with Gasteiger partial charge in [-0.2, -0.15) is 4.68 Å². The Morgan fingerprint density at radius 1 is 1.44 bits per heavy atom. The second-order valence-electron chi connectivity index (χ2n) is 3.56. The van der Waals surface area contributed by atoms with Gasteiger partial charge in [-0.25, -0.2) is 4.39 Å². The predicted molar refractivity (Wildman–Crippen MR) is 59.6 cm³/mol. The van der Waals surface area contributed by atoms with Crippen molar-refractivity contribution < 1.29 is 14.1 Å². The van der Waals surface area contributed by atoms with Crippen LogP contribution in [0.1, 0.15) is 10.4 Å². The number of ketones is 1. The molecule has 1 aromatic carbocycles. The van der Waals surface area contributed by atoms with E-state index in [0.717, 1.165) is 10.7 Å². The average Bonchev–Trinajstić information content (AvgIpc) is 2.77. The van der Waals surface area contributed by atoms with Crippen LogP contribution in [0.15, 0.2) is 36.5 Å². The molecule has 1 heterocycles. The molecule has 0 fully saturated rings. The van der Waals surface area contributed by atoms with Crippen molar-refractivity contribution in [3.8, 4) is 0 Å². The summed E-state index contributed by atoms with van der Waals surface area (Å²) in [6.07, 6.45) is 1.33. The summed E-state index contributed by atoms with van der Waals surface area (Å²) in [4.78, 5) is 21.5. The maximum atomic E-state index is 12.9. The van der Waals surface area contributed by atoms with Crippen LogP contribution in [0.3, 0.4) is 0 Å². The van der Waals surface area contributed by atoms with Crippen molar-refractivity contribution in [2.75, 3.05) is 0 Å². The zero-order valence-electron chi connectivity index (χ0n) is 9.12. The molecule has 0 aliphatic rings. The van der Waals surface area contributed by atoms with Gasteiger partial charge in [0, 0.05) is 5.56 Å². The third-order valence-electron chi connectivity index (χ3n) is 2.27. The topological polar surface area (TPSA) is 78.0 Å². The number of benzene rings is 1. The molecule has 0 atom stereocenters. The highest BCUT2D eigenvalue weighted by atomic mass is 19.1. The predicted octanol–water partition coefficient (Wildman–Crippen LogP) is 1.81. The van der Waals surface area contributed by atoms with E-state index < -0.39 is 10.7 Å². The molecule has 2 aromatic rings. The molecule has 0 radical (unpaired) electrons. The fourth-order valence-corrected chi connectivity index (χ4v) is 1.44. The van der Waals surface area contributed by atoms with Crippen molar-refractivity contribution >= 4 is 11.6 Å². The molecule has 1 aromatic heterocycles. The van der Waals surface area contributed by atoms with Gasteiger partial charge < -0.3 is 10.1 Å². The van der Waals surface area contributed by atoms with Crippen molar-refractivity contribution in [1.29, 1.82) is 0 Å². The number of nitro groups is 1. The first-order valence-corrected chi connectivity index (χ1v) is 5.03. The van der Waals surface area contributed by atoms with Gasteiger partial charge in [0.15, 0.2) is 5.78 Å². The van der Waals surface area contributed by atoms with Gasteiger partial charge >= 0.3 is 5.82 Å². The highest BCUT2D eigenvalue weighted by Crippen LogP contribution is 2.08. The number of rotatable bonds is 4. The van der Waals surface area contributed by atoms with Crippen molar-refractivity contribution in [2.45, 2.75) is 6.54 Å². The summed E-state index contributed by atoms with van der Waals surface area (Å²) in [5.41, 5.74) is 0.202. The van der Waals surface area contributed by atoms with Crippen LogP contribution in [-0.4, -0.2) is 20.5 Å². The van der Waals surface area contributed by atoms with E-state index in [9.17, 15) is 19.3 Å². The minimum absolute atomic E-state index is 0.169. The van der Waals surface area contributed by atoms with E-state index >= 15 is 0 Å². The van der Waals surface area contributed by atoms with E-state index in [1.165, 1.54) is 30.5 Å². The van der Waals surface area contributed by atoms with Gasteiger partial charge in [-0.05, 0) is 17.1 Å². The molecule has 0 bridgehead atoms. The average molecular weight is 249 g/mol. The summed E-state index contributed by atoms with van der Waals surface area (Å²) in [6, 6.07) is 6.44. The van der Waals surface area contributed by atoms with E-state index in [1.54, 1.807) is 0 Å². The molecule has 0 aliphatic carbocycles. The van der Waals surface area contributed by atoms with Crippen molar-refractivity contribution in [3.05, 3.63) is 58.0 Å². The van der Waals surface area contributed by atoms with Crippen LogP contribution in [-0.2, 0) is 6.54 Å². The molecule has 7 heteroatoms. The van der Waals surface area contributed by atoms with Crippen molar-refractivity contribution in [1.82, 2.24) is 9.78 Å². The molecule has 0 aliphatic heterocycles. The van der Waals surface area contributed by atoms with Gasteiger partial charge in [0.2, 0.25) is 0 Å². The highest BCUT2D eigenvalue weighted by Gasteiger charge is 2.14. The normalized spacial score (nSPS) is 10.3. The van der Waals surface area contributed by atoms with Gasteiger partial charge in [0.05, 0.1) is 17.4 Å². The van der Waals surface area contributed by atoms with Crippen LogP contribution < -0.4 is 0 Å². The van der Waals surface area contributed by atoms with E-state index in [2.05, 4.69) is 5.10 Å².